The third kappa shape index (κ3) is 5.82. The van der Waals surface area contributed by atoms with Crippen LogP contribution in [0.5, 0.6) is 0 Å². The number of morpholine rings is 1. The van der Waals surface area contributed by atoms with E-state index in [0.717, 1.165) is 81.2 Å². The molecular weight excluding hydrogens is 458 g/mol. The molecule has 36 heavy (non-hydrogen) atoms. The number of hydrogen-bond donors (Lipinski definition) is 0. The first-order valence-electron chi connectivity index (χ1n) is 12.9. The van der Waals surface area contributed by atoms with E-state index in [9.17, 15) is 4.79 Å². The number of carbonyl (C=O) groups excluding carboxylic acids is 1. The van der Waals surface area contributed by atoms with Crippen molar-refractivity contribution in [3.05, 3.63) is 36.9 Å². The number of ether oxygens (including phenoxy) is 2. The van der Waals surface area contributed by atoms with Crippen LogP contribution in [-0.4, -0.2) is 99.9 Å². The van der Waals surface area contributed by atoms with Crippen LogP contribution in [0.15, 0.2) is 36.9 Å². The third-order valence-corrected chi connectivity index (χ3v) is 6.70. The van der Waals surface area contributed by atoms with Crippen molar-refractivity contribution < 1.29 is 14.3 Å². The Hall–Kier alpha value is -3.11. The number of rotatable bonds is 6. The van der Waals surface area contributed by atoms with E-state index in [4.69, 9.17) is 9.47 Å². The van der Waals surface area contributed by atoms with Gasteiger partial charge < -0.3 is 19.3 Å². The lowest BCUT2D eigenvalue weighted by Crippen LogP contribution is -2.50. The number of aryl methyl sites for hydroxylation is 1. The highest BCUT2D eigenvalue weighted by atomic mass is 16.6. The molecule has 3 aromatic rings. The second kappa shape index (κ2) is 10.5. The number of pyridine rings is 1. The van der Waals surface area contributed by atoms with Gasteiger partial charge >= 0.3 is 6.09 Å². The minimum atomic E-state index is -0.478. The molecule has 0 aromatic carbocycles. The SMILES string of the molecule is CC(C)(C)OC(=O)N1CCN(c2cnn3cc(-c4cnn(CCCN5CCOCC5)c4)ccc23)CC1. The molecule has 0 radical (unpaired) electrons. The number of carbonyl (C=O) groups is 1. The maximum atomic E-state index is 12.4. The summed E-state index contributed by atoms with van der Waals surface area (Å²) in [6.45, 7) is 14.2. The smallest absolute Gasteiger partial charge is 0.410 e. The zero-order valence-corrected chi connectivity index (χ0v) is 21.6. The van der Waals surface area contributed by atoms with Gasteiger partial charge in [0.1, 0.15) is 5.60 Å². The molecule has 1 amide bonds. The maximum absolute atomic E-state index is 12.4. The maximum Gasteiger partial charge on any atom is 0.410 e. The highest BCUT2D eigenvalue weighted by Gasteiger charge is 2.27. The first-order valence-corrected chi connectivity index (χ1v) is 12.9. The Labute approximate surface area is 212 Å². The summed E-state index contributed by atoms with van der Waals surface area (Å²) in [6, 6.07) is 4.25. The lowest BCUT2D eigenvalue weighted by Gasteiger charge is -2.36. The Balaban J connectivity index is 1.18. The normalized spacial score (nSPS) is 17.6. The monoisotopic (exact) mass is 495 g/mol. The van der Waals surface area contributed by atoms with E-state index in [1.807, 2.05) is 42.4 Å². The van der Waals surface area contributed by atoms with Crippen molar-refractivity contribution in [2.75, 3.05) is 63.9 Å². The summed E-state index contributed by atoms with van der Waals surface area (Å²) in [5, 5.41) is 9.19. The van der Waals surface area contributed by atoms with Crippen molar-refractivity contribution in [1.82, 2.24) is 29.2 Å². The molecule has 0 saturated carbocycles. The van der Waals surface area contributed by atoms with Gasteiger partial charge in [0.25, 0.3) is 0 Å². The molecule has 2 fully saturated rings. The van der Waals surface area contributed by atoms with E-state index in [1.165, 1.54) is 0 Å². The van der Waals surface area contributed by atoms with Crippen molar-refractivity contribution in [3.8, 4) is 11.1 Å². The van der Waals surface area contributed by atoms with Crippen molar-refractivity contribution in [1.29, 1.82) is 0 Å². The van der Waals surface area contributed by atoms with Crippen molar-refractivity contribution >= 4 is 17.3 Å². The average molecular weight is 496 g/mol. The second-order valence-electron chi connectivity index (χ2n) is 10.5. The average Bonchev–Trinajstić information content (AvgIpc) is 3.51. The summed E-state index contributed by atoms with van der Waals surface area (Å²) in [7, 11) is 0. The van der Waals surface area contributed by atoms with Gasteiger partial charge in [-0.3, -0.25) is 9.58 Å². The molecule has 2 saturated heterocycles. The van der Waals surface area contributed by atoms with Crippen LogP contribution in [0.1, 0.15) is 27.2 Å². The van der Waals surface area contributed by atoms with Crippen molar-refractivity contribution in [2.45, 2.75) is 39.3 Å². The molecule has 2 aliphatic heterocycles. The topological polar surface area (TPSA) is 80.4 Å². The minimum absolute atomic E-state index is 0.242. The Morgan fingerprint density at radius 1 is 0.944 bits per heavy atom. The van der Waals surface area contributed by atoms with Gasteiger partial charge in [-0.05, 0) is 33.3 Å². The molecule has 0 aliphatic carbocycles. The molecular formula is C26H37N7O3. The zero-order valence-electron chi connectivity index (χ0n) is 21.6. The van der Waals surface area contributed by atoms with Gasteiger partial charge in [0.2, 0.25) is 0 Å². The number of anilines is 1. The van der Waals surface area contributed by atoms with Gasteiger partial charge in [0, 0.05) is 75.9 Å². The molecule has 0 spiro atoms. The fourth-order valence-corrected chi connectivity index (χ4v) is 4.76. The molecule has 0 N–H and O–H groups in total. The number of fused-ring (bicyclic) bond motifs is 1. The summed E-state index contributed by atoms with van der Waals surface area (Å²) >= 11 is 0. The first-order chi connectivity index (χ1) is 17.4. The molecule has 3 aromatic heterocycles. The third-order valence-electron chi connectivity index (χ3n) is 6.70. The number of nitrogens with zero attached hydrogens (tertiary/aromatic N) is 7. The van der Waals surface area contributed by atoms with Crippen LogP contribution in [0.4, 0.5) is 10.5 Å². The largest absolute Gasteiger partial charge is 0.444 e. The van der Waals surface area contributed by atoms with Crippen LogP contribution >= 0.6 is 0 Å². The number of aromatic nitrogens is 4. The summed E-state index contributed by atoms with van der Waals surface area (Å²) in [6.07, 6.45) is 8.84. The molecule has 0 atom stereocenters. The van der Waals surface area contributed by atoms with E-state index >= 15 is 0 Å². The quantitative estimate of drug-likeness (QED) is 0.520. The number of piperazine rings is 1. The van der Waals surface area contributed by atoms with Gasteiger partial charge in [0.05, 0.1) is 36.8 Å². The van der Waals surface area contributed by atoms with Crippen LogP contribution in [0, 0.1) is 0 Å². The van der Waals surface area contributed by atoms with E-state index in [0.29, 0.717) is 13.1 Å². The van der Waals surface area contributed by atoms with E-state index < -0.39 is 5.60 Å². The van der Waals surface area contributed by atoms with Crippen molar-refractivity contribution in [3.63, 3.8) is 0 Å². The van der Waals surface area contributed by atoms with Crippen molar-refractivity contribution in [2.24, 2.45) is 0 Å². The summed E-state index contributed by atoms with van der Waals surface area (Å²) < 4.78 is 14.9. The highest BCUT2D eigenvalue weighted by Crippen LogP contribution is 2.26. The fraction of sp³-hybridized carbons (Fsp3) is 0.577. The van der Waals surface area contributed by atoms with Gasteiger partial charge in [-0.2, -0.15) is 10.2 Å². The van der Waals surface area contributed by atoms with Crippen LogP contribution in [0.3, 0.4) is 0 Å². The molecule has 5 heterocycles. The van der Waals surface area contributed by atoms with Crippen LogP contribution < -0.4 is 4.90 Å². The van der Waals surface area contributed by atoms with E-state index in [1.54, 1.807) is 4.90 Å². The highest BCUT2D eigenvalue weighted by molar-refractivity contribution is 5.76. The predicted octanol–water partition coefficient (Wildman–Crippen LogP) is 2.98. The standard InChI is InChI=1S/C26H37N7O3/c1-26(2,3)36-25(34)31-11-9-30(10-12-31)24-18-28-33-20-21(5-6-23(24)33)22-17-27-32(19-22)8-4-7-29-13-15-35-16-14-29/h5-6,17-20H,4,7-16H2,1-3H3. The Morgan fingerprint density at radius 3 is 2.47 bits per heavy atom. The number of amides is 1. The summed E-state index contributed by atoms with van der Waals surface area (Å²) in [4.78, 5) is 18.9. The molecule has 2 aliphatic rings. The molecule has 0 unspecified atom stereocenters. The predicted molar refractivity (Wildman–Crippen MR) is 138 cm³/mol. The van der Waals surface area contributed by atoms with Crippen LogP contribution in [-0.2, 0) is 16.0 Å². The van der Waals surface area contributed by atoms with Crippen LogP contribution in [0.25, 0.3) is 16.6 Å². The molecule has 10 nitrogen and oxygen atoms in total. The minimum Gasteiger partial charge on any atom is -0.444 e. The Bertz CT molecular complexity index is 1170. The van der Waals surface area contributed by atoms with Gasteiger partial charge in [-0.25, -0.2) is 9.31 Å². The Morgan fingerprint density at radius 2 is 1.72 bits per heavy atom. The van der Waals surface area contributed by atoms with E-state index in [2.05, 4.69) is 44.5 Å². The Kier molecular flexibility index (Phi) is 7.15. The van der Waals surface area contributed by atoms with E-state index in [-0.39, 0.29) is 6.09 Å². The van der Waals surface area contributed by atoms with Gasteiger partial charge in [-0.1, -0.05) is 6.07 Å². The zero-order chi connectivity index (χ0) is 25.1. The molecule has 194 valence electrons. The van der Waals surface area contributed by atoms with Gasteiger partial charge in [0.15, 0.2) is 0 Å². The number of hydrogen-bond acceptors (Lipinski definition) is 7. The fourth-order valence-electron chi connectivity index (χ4n) is 4.76. The second-order valence-corrected chi connectivity index (χ2v) is 10.5. The van der Waals surface area contributed by atoms with Crippen LogP contribution in [0.2, 0.25) is 0 Å². The lowest BCUT2D eigenvalue weighted by molar-refractivity contribution is 0.0240. The summed E-state index contributed by atoms with van der Waals surface area (Å²) in [5.74, 6) is 0. The molecule has 0 bridgehead atoms. The van der Waals surface area contributed by atoms with Gasteiger partial charge in [-0.15, -0.1) is 0 Å². The first kappa shape index (κ1) is 24.6. The summed E-state index contributed by atoms with van der Waals surface area (Å²) in [5.41, 5.74) is 3.84. The molecule has 5 rings (SSSR count). The molecule has 10 heteroatoms. The lowest BCUT2D eigenvalue weighted by atomic mass is 10.1.